The average molecular weight is 179 g/mol. The third-order valence-electron chi connectivity index (χ3n) is 2.87. The SMILES string of the molecule is CC(C)C(N)c1n[nH]c2c1CCC2. The van der Waals surface area contributed by atoms with E-state index in [-0.39, 0.29) is 6.04 Å². The van der Waals surface area contributed by atoms with Crippen LogP contribution in [0.2, 0.25) is 0 Å². The molecule has 3 N–H and O–H groups in total. The molecule has 13 heavy (non-hydrogen) atoms. The van der Waals surface area contributed by atoms with Crippen LogP contribution in [0.5, 0.6) is 0 Å². The maximum Gasteiger partial charge on any atom is 0.0826 e. The van der Waals surface area contributed by atoms with E-state index in [1.54, 1.807) is 0 Å². The summed E-state index contributed by atoms with van der Waals surface area (Å²) in [7, 11) is 0. The zero-order valence-corrected chi connectivity index (χ0v) is 8.30. The lowest BCUT2D eigenvalue weighted by Crippen LogP contribution is -2.18. The topological polar surface area (TPSA) is 54.7 Å². The minimum atomic E-state index is 0.0955. The normalized spacial score (nSPS) is 17.8. The maximum atomic E-state index is 6.07. The molecule has 1 aromatic rings. The summed E-state index contributed by atoms with van der Waals surface area (Å²) < 4.78 is 0. The van der Waals surface area contributed by atoms with Gasteiger partial charge in [0.15, 0.2) is 0 Å². The van der Waals surface area contributed by atoms with E-state index in [2.05, 4.69) is 24.0 Å². The lowest BCUT2D eigenvalue weighted by Gasteiger charge is -2.13. The van der Waals surface area contributed by atoms with E-state index in [4.69, 9.17) is 5.73 Å². The lowest BCUT2D eigenvalue weighted by molar-refractivity contribution is 0.498. The van der Waals surface area contributed by atoms with Crippen LogP contribution in [-0.2, 0) is 12.8 Å². The van der Waals surface area contributed by atoms with Crippen LogP contribution in [0.1, 0.15) is 43.3 Å². The summed E-state index contributed by atoms with van der Waals surface area (Å²) in [6.07, 6.45) is 3.55. The monoisotopic (exact) mass is 179 g/mol. The van der Waals surface area contributed by atoms with Crippen LogP contribution in [-0.4, -0.2) is 10.2 Å². The second-order valence-electron chi connectivity index (χ2n) is 4.19. The van der Waals surface area contributed by atoms with Crippen molar-refractivity contribution in [2.45, 2.75) is 39.2 Å². The first-order chi connectivity index (χ1) is 6.20. The molecule has 3 nitrogen and oxygen atoms in total. The predicted octanol–water partition coefficient (Wildman–Crippen LogP) is 1.55. The molecule has 1 heterocycles. The molecule has 0 fully saturated rings. The van der Waals surface area contributed by atoms with E-state index in [1.165, 1.54) is 17.7 Å². The van der Waals surface area contributed by atoms with Gasteiger partial charge in [-0.05, 0) is 30.7 Å². The van der Waals surface area contributed by atoms with Crippen LogP contribution in [0.3, 0.4) is 0 Å². The zero-order valence-electron chi connectivity index (χ0n) is 8.30. The number of nitrogens with zero attached hydrogens (tertiary/aromatic N) is 1. The van der Waals surface area contributed by atoms with Crippen molar-refractivity contribution in [1.29, 1.82) is 0 Å². The highest BCUT2D eigenvalue weighted by Gasteiger charge is 2.23. The standard InChI is InChI=1S/C10H17N3/c1-6(2)9(11)10-7-4-3-5-8(7)12-13-10/h6,9H,3-5,11H2,1-2H3,(H,12,13). The first-order valence-electron chi connectivity index (χ1n) is 5.01. The van der Waals surface area contributed by atoms with Crippen LogP contribution in [0.4, 0.5) is 0 Å². The Labute approximate surface area is 78.7 Å². The number of aromatic nitrogens is 2. The Morgan fingerprint density at radius 2 is 2.15 bits per heavy atom. The van der Waals surface area contributed by atoms with Gasteiger partial charge in [0.2, 0.25) is 0 Å². The van der Waals surface area contributed by atoms with Crippen molar-refractivity contribution < 1.29 is 0 Å². The van der Waals surface area contributed by atoms with Crippen molar-refractivity contribution >= 4 is 0 Å². The number of nitrogens with one attached hydrogen (secondary N) is 1. The van der Waals surface area contributed by atoms with Gasteiger partial charge in [0.1, 0.15) is 0 Å². The third-order valence-corrected chi connectivity index (χ3v) is 2.87. The molecule has 1 unspecified atom stereocenters. The average Bonchev–Trinajstić information content (AvgIpc) is 2.61. The molecule has 0 radical (unpaired) electrons. The van der Waals surface area contributed by atoms with Crippen molar-refractivity contribution in [2.75, 3.05) is 0 Å². The Kier molecular flexibility index (Phi) is 2.12. The largest absolute Gasteiger partial charge is 0.322 e. The van der Waals surface area contributed by atoms with Gasteiger partial charge in [-0.25, -0.2) is 0 Å². The maximum absolute atomic E-state index is 6.07. The molecule has 1 atom stereocenters. The molecular formula is C10H17N3. The van der Waals surface area contributed by atoms with E-state index >= 15 is 0 Å². The molecule has 3 heteroatoms. The van der Waals surface area contributed by atoms with Gasteiger partial charge in [-0.1, -0.05) is 13.8 Å². The van der Waals surface area contributed by atoms with E-state index in [1.807, 2.05) is 0 Å². The minimum absolute atomic E-state index is 0.0955. The molecule has 72 valence electrons. The van der Waals surface area contributed by atoms with Gasteiger partial charge in [-0.15, -0.1) is 0 Å². The van der Waals surface area contributed by atoms with Gasteiger partial charge in [0.05, 0.1) is 11.7 Å². The van der Waals surface area contributed by atoms with E-state index < -0.39 is 0 Å². The van der Waals surface area contributed by atoms with Crippen molar-refractivity contribution in [3.8, 4) is 0 Å². The van der Waals surface area contributed by atoms with Crippen LogP contribution >= 0.6 is 0 Å². The molecule has 1 aliphatic carbocycles. The lowest BCUT2D eigenvalue weighted by atomic mass is 9.98. The molecule has 0 amide bonds. The van der Waals surface area contributed by atoms with Gasteiger partial charge < -0.3 is 5.73 Å². The first-order valence-corrected chi connectivity index (χ1v) is 5.01. The van der Waals surface area contributed by atoms with Gasteiger partial charge in [0, 0.05) is 5.69 Å². The molecular weight excluding hydrogens is 162 g/mol. The predicted molar refractivity (Wildman–Crippen MR) is 52.4 cm³/mol. The molecule has 0 bridgehead atoms. The summed E-state index contributed by atoms with van der Waals surface area (Å²) in [6.45, 7) is 4.28. The van der Waals surface area contributed by atoms with Crippen LogP contribution in [0.25, 0.3) is 0 Å². The number of hydrogen-bond acceptors (Lipinski definition) is 2. The summed E-state index contributed by atoms with van der Waals surface area (Å²) in [4.78, 5) is 0. The summed E-state index contributed by atoms with van der Waals surface area (Å²) in [5, 5.41) is 7.40. The fourth-order valence-corrected chi connectivity index (χ4v) is 1.94. The molecule has 0 aromatic carbocycles. The Morgan fingerprint density at radius 1 is 1.38 bits per heavy atom. The summed E-state index contributed by atoms with van der Waals surface area (Å²) in [5.74, 6) is 0.466. The molecule has 0 saturated heterocycles. The van der Waals surface area contributed by atoms with Gasteiger partial charge >= 0.3 is 0 Å². The molecule has 0 aliphatic heterocycles. The number of aryl methyl sites for hydroxylation is 1. The van der Waals surface area contributed by atoms with Gasteiger partial charge in [-0.2, -0.15) is 5.10 Å². The second-order valence-corrected chi connectivity index (χ2v) is 4.19. The first kappa shape index (κ1) is 8.75. The fourth-order valence-electron chi connectivity index (χ4n) is 1.94. The molecule has 1 aromatic heterocycles. The summed E-state index contributed by atoms with van der Waals surface area (Å²) >= 11 is 0. The number of aromatic amines is 1. The summed E-state index contributed by atoms with van der Waals surface area (Å²) in [6, 6.07) is 0.0955. The van der Waals surface area contributed by atoms with Gasteiger partial charge in [0.25, 0.3) is 0 Å². The molecule has 2 rings (SSSR count). The van der Waals surface area contributed by atoms with E-state index in [0.29, 0.717) is 5.92 Å². The smallest absolute Gasteiger partial charge is 0.0826 e. The highest BCUT2D eigenvalue weighted by Crippen LogP contribution is 2.28. The van der Waals surface area contributed by atoms with Crippen LogP contribution in [0, 0.1) is 5.92 Å². The van der Waals surface area contributed by atoms with Gasteiger partial charge in [-0.3, -0.25) is 5.10 Å². The van der Waals surface area contributed by atoms with Crippen LogP contribution in [0.15, 0.2) is 0 Å². The zero-order chi connectivity index (χ0) is 9.42. The minimum Gasteiger partial charge on any atom is -0.322 e. The molecule has 0 spiro atoms. The summed E-state index contributed by atoms with van der Waals surface area (Å²) in [5.41, 5.74) is 9.87. The highest BCUT2D eigenvalue weighted by molar-refractivity contribution is 5.31. The highest BCUT2D eigenvalue weighted by atomic mass is 15.1. The Morgan fingerprint density at radius 3 is 2.85 bits per heavy atom. The van der Waals surface area contributed by atoms with Crippen molar-refractivity contribution in [1.82, 2.24) is 10.2 Å². The molecule has 0 saturated carbocycles. The second kappa shape index (κ2) is 3.14. The van der Waals surface area contributed by atoms with Crippen molar-refractivity contribution in [3.05, 3.63) is 17.0 Å². The Bertz CT molecular complexity index is 301. The van der Waals surface area contributed by atoms with E-state index in [9.17, 15) is 0 Å². The number of H-pyrrole nitrogens is 1. The number of rotatable bonds is 2. The number of fused-ring (bicyclic) bond motifs is 1. The van der Waals surface area contributed by atoms with Crippen molar-refractivity contribution in [2.24, 2.45) is 11.7 Å². The number of hydrogen-bond donors (Lipinski definition) is 2. The Balaban J connectivity index is 2.30. The fraction of sp³-hybridized carbons (Fsp3) is 0.700. The van der Waals surface area contributed by atoms with E-state index in [0.717, 1.165) is 18.5 Å². The Hall–Kier alpha value is -0.830. The number of nitrogens with two attached hydrogens (primary N) is 1. The van der Waals surface area contributed by atoms with Crippen LogP contribution < -0.4 is 5.73 Å². The quantitative estimate of drug-likeness (QED) is 0.723. The molecule has 1 aliphatic rings. The van der Waals surface area contributed by atoms with Crippen molar-refractivity contribution in [3.63, 3.8) is 0 Å². The third kappa shape index (κ3) is 1.37.